The number of nitrogens with zero attached hydrogens (tertiary/aromatic N) is 2. The van der Waals surface area contributed by atoms with Gasteiger partial charge in [-0.25, -0.2) is 8.42 Å². The number of aromatic nitrogens is 1. The molecule has 7 heteroatoms. The third kappa shape index (κ3) is 2.99. The number of rotatable bonds is 3. The van der Waals surface area contributed by atoms with E-state index in [-0.39, 0.29) is 15.9 Å². The highest BCUT2D eigenvalue weighted by Gasteiger charge is 2.33. The molecule has 0 saturated carbocycles. The van der Waals surface area contributed by atoms with Crippen LogP contribution < -0.4 is 5.73 Å². The number of nitrogens with two attached hydrogens (primary N) is 1. The molecule has 0 aromatic carbocycles. The van der Waals surface area contributed by atoms with Crippen molar-refractivity contribution < 1.29 is 8.42 Å². The first kappa shape index (κ1) is 15.3. The molecule has 2 heterocycles. The fourth-order valence-corrected chi connectivity index (χ4v) is 4.24. The predicted octanol–water partition coefficient (Wildman–Crippen LogP) is 1.52. The molecule has 1 aromatic heterocycles. The van der Waals surface area contributed by atoms with E-state index < -0.39 is 10.0 Å². The molecule has 0 spiro atoms. The molecule has 2 rings (SSSR count). The summed E-state index contributed by atoms with van der Waals surface area (Å²) in [6.45, 7) is 4.57. The van der Waals surface area contributed by atoms with E-state index in [0.29, 0.717) is 18.2 Å². The van der Waals surface area contributed by atoms with E-state index in [1.54, 1.807) is 10.4 Å². The lowest BCUT2D eigenvalue weighted by Gasteiger charge is -2.35. The van der Waals surface area contributed by atoms with Crippen molar-refractivity contribution in [3.8, 4) is 0 Å². The number of pyridine rings is 1. The average Bonchev–Trinajstić information content (AvgIpc) is 2.41. The average molecular weight is 313 g/mol. The smallest absolute Gasteiger partial charge is 0.244 e. The molecule has 0 aliphatic carbocycles. The van der Waals surface area contributed by atoms with E-state index in [2.05, 4.69) is 11.9 Å². The Balaban J connectivity index is 2.31. The van der Waals surface area contributed by atoms with Gasteiger partial charge in [0.25, 0.3) is 0 Å². The second-order valence-electron chi connectivity index (χ2n) is 5.35. The lowest BCUT2D eigenvalue weighted by molar-refractivity contribution is 0.218. The van der Waals surface area contributed by atoms with Crippen LogP contribution in [0.25, 0.3) is 0 Å². The van der Waals surface area contributed by atoms with Crippen LogP contribution in [0.5, 0.6) is 0 Å². The molecule has 2 unspecified atom stereocenters. The first-order valence-electron chi connectivity index (χ1n) is 6.60. The van der Waals surface area contributed by atoms with Gasteiger partial charge in [-0.05, 0) is 37.8 Å². The molecule has 1 aliphatic heterocycles. The van der Waals surface area contributed by atoms with E-state index in [0.717, 1.165) is 12.8 Å². The van der Waals surface area contributed by atoms with Gasteiger partial charge in [0.1, 0.15) is 9.88 Å². The fraction of sp³-hybridized carbons (Fsp3) is 0.538. The number of sulfonamides is 1. The van der Waals surface area contributed by atoms with Gasteiger partial charge in [0, 0.05) is 18.8 Å². The Kier molecular flexibility index (Phi) is 4.41. The van der Waals surface area contributed by atoms with Crippen LogP contribution in [0.2, 0.25) is 0 Å². The minimum absolute atomic E-state index is 0.0199. The Bertz CT molecular complexity index is 599. The Morgan fingerprint density at radius 3 is 2.65 bits per heavy atom. The van der Waals surface area contributed by atoms with Crippen molar-refractivity contribution >= 4 is 27.2 Å². The maximum absolute atomic E-state index is 12.6. The highest BCUT2D eigenvalue weighted by molar-refractivity contribution is 7.89. The lowest BCUT2D eigenvalue weighted by atomic mass is 9.97. The molecule has 110 valence electrons. The van der Waals surface area contributed by atoms with E-state index >= 15 is 0 Å². The minimum atomic E-state index is -3.50. The van der Waals surface area contributed by atoms with Crippen molar-refractivity contribution in [2.24, 2.45) is 11.7 Å². The van der Waals surface area contributed by atoms with E-state index in [1.165, 1.54) is 12.3 Å². The van der Waals surface area contributed by atoms with Crippen LogP contribution in [0.4, 0.5) is 0 Å². The number of piperidine rings is 1. The van der Waals surface area contributed by atoms with Gasteiger partial charge in [-0.15, -0.1) is 0 Å². The molecule has 1 aromatic rings. The standard InChI is InChI=1S/C13H19N3O2S2/c1-9-3-4-10(2)16(8-9)20(17,18)11-5-6-12(13(14)19)15-7-11/h5-7,9-10H,3-4,8H2,1-2H3,(H2,14,19). The summed E-state index contributed by atoms with van der Waals surface area (Å²) in [5.41, 5.74) is 5.89. The third-order valence-electron chi connectivity index (χ3n) is 3.66. The summed E-state index contributed by atoms with van der Waals surface area (Å²) in [6, 6.07) is 3.09. The Morgan fingerprint density at radius 1 is 1.40 bits per heavy atom. The van der Waals surface area contributed by atoms with Gasteiger partial charge >= 0.3 is 0 Å². The largest absolute Gasteiger partial charge is 0.388 e. The van der Waals surface area contributed by atoms with Crippen molar-refractivity contribution in [1.82, 2.24) is 9.29 Å². The highest BCUT2D eigenvalue weighted by Crippen LogP contribution is 2.27. The number of hydrogen-bond donors (Lipinski definition) is 1. The predicted molar refractivity (Wildman–Crippen MR) is 81.9 cm³/mol. The van der Waals surface area contributed by atoms with E-state index in [9.17, 15) is 8.42 Å². The Labute approximate surface area is 125 Å². The molecular weight excluding hydrogens is 294 g/mol. The molecule has 0 amide bonds. The zero-order valence-corrected chi connectivity index (χ0v) is 13.2. The summed E-state index contributed by atoms with van der Waals surface area (Å²) in [7, 11) is -3.50. The molecule has 2 atom stereocenters. The van der Waals surface area contributed by atoms with Crippen LogP contribution in [-0.2, 0) is 10.0 Å². The van der Waals surface area contributed by atoms with Crippen molar-refractivity contribution in [3.63, 3.8) is 0 Å². The van der Waals surface area contributed by atoms with Crippen LogP contribution in [0.3, 0.4) is 0 Å². The van der Waals surface area contributed by atoms with Crippen LogP contribution >= 0.6 is 12.2 Å². The van der Waals surface area contributed by atoms with Gasteiger partial charge in [-0.2, -0.15) is 4.31 Å². The van der Waals surface area contributed by atoms with E-state index in [4.69, 9.17) is 18.0 Å². The maximum atomic E-state index is 12.6. The molecular formula is C13H19N3O2S2. The lowest BCUT2D eigenvalue weighted by Crippen LogP contribution is -2.44. The maximum Gasteiger partial charge on any atom is 0.244 e. The summed E-state index contributed by atoms with van der Waals surface area (Å²) in [5, 5.41) is 0. The van der Waals surface area contributed by atoms with Crippen molar-refractivity contribution in [1.29, 1.82) is 0 Å². The van der Waals surface area contributed by atoms with Crippen LogP contribution in [-0.4, -0.2) is 35.3 Å². The summed E-state index contributed by atoms with van der Waals surface area (Å²) < 4.78 is 26.9. The summed E-state index contributed by atoms with van der Waals surface area (Å²) >= 11 is 4.81. The van der Waals surface area contributed by atoms with Crippen LogP contribution in [0, 0.1) is 5.92 Å². The summed E-state index contributed by atoms with van der Waals surface area (Å²) in [6.07, 6.45) is 3.28. The van der Waals surface area contributed by atoms with Crippen molar-refractivity contribution in [2.75, 3.05) is 6.54 Å². The highest BCUT2D eigenvalue weighted by atomic mass is 32.2. The molecule has 0 bridgehead atoms. The van der Waals surface area contributed by atoms with Crippen LogP contribution in [0.15, 0.2) is 23.2 Å². The molecule has 20 heavy (non-hydrogen) atoms. The fourth-order valence-electron chi connectivity index (χ4n) is 2.40. The second-order valence-corrected chi connectivity index (χ2v) is 7.68. The molecule has 0 radical (unpaired) electrons. The first-order valence-corrected chi connectivity index (χ1v) is 8.45. The minimum Gasteiger partial charge on any atom is -0.388 e. The zero-order valence-electron chi connectivity index (χ0n) is 11.6. The number of thiocarbonyl (C=S) groups is 1. The first-order chi connectivity index (χ1) is 9.32. The Hall–Kier alpha value is -1.05. The zero-order chi connectivity index (χ0) is 14.9. The van der Waals surface area contributed by atoms with Gasteiger partial charge in [-0.3, -0.25) is 4.98 Å². The van der Waals surface area contributed by atoms with Gasteiger partial charge < -0.3 is 5.73 Å². The molecule has 1 fully saturated rings. The van der Waals surface area contributed by atoms with E-state index in [1.807, 2.05) is 6.92 Å². The van der Waals surface area contributed by atoms with Crippen molar-refractivity contribution in [2.45, 2.75) is 37.6 Å². The Morgan fingerprint density at radius 2 is 2.10 bits per heavy atom. The second kappa shape index (κ2) is 5.75. The molecule has 1 saturated heterocycles. The number of hydrogen-bond acceptors (Lipinski definition) is 4. The third-order valence-corrected chi connectivity index (χ3v) is 5.83. The normalized spacial score (nSPS) is 24.5. The van der Waals surface area contributed by atoms with Crippen LogP contribution in [0.1, 0.15) is 32.4 Å². The van der Waals surface area contributed by atoms with Gasteiger partial charge in [0.2, 0.25) is 10.0 Å². The summed E-state index contributed by atoms with van der Waals surface area (Å²) in [4.78, 5) is 4.37. The summed E-state index contributed by atoms with van der Waals surface area (Å²) in [5.74, 6) is 0.379. The SMILES string of the molecule is CC1CCC(C)N(S(=O)(=O)c2ccc(C(N)=S)nc2)C1. The van der Waals surface area contributed by atoms with Crippen molar-refractivity contribution in [3.05, 3.63) is 24.0 Å². The van der Waals surface area contributed by atoms with Gasteiger partial charge in [-0.1, -0.05) is 19.1 Å². The topological polar surface area (TPSA) is 76.3 Å². The monoisotopic (exact) mass is 313 g/mol. The quantitative estimate of drug-likeness (QED) is 0.856. The van der Waals surface area contributed by atoms with Gasteiger partial charge in [0.15, 0.2) is 0 Å². The molecule has 5 nitrogen and oxygen atoms in total. The molecule has 1 aliphatic rings. The molecule has 2 N–H and O–H groups in total. The van der Waals surface area contributed by atoms with Gasteiger partial charge in [0.05, 0.1) is 5.69 Å².